The Morgan fingerprint density at radius 3 is 2.50 bits per heavy atom. The van der Waals surface area contributed by atoms with Crippen LogP contribution in [0, 0.1) is 5.82 Å². The maximum Gasteiger partial charge on any atom is 0.239 e. The molecule has 2 rings (SSSR count). The van der Waals surface area contributed by atoms with Crippen molar-refractivity contribution in [3.05, 3.63) is 35.6 Å². The molecule has 0 aromatic heterocycles. The maximum atomic E-state index is 13.0. The lowest BCUT2D eigenvalue weighted by Crippen LogP contribution is -2.42. The fourth-order valence-electron chi connectivity index (χ4n) is 2.78. The topological polar surface area (TPSA) is 58.2 Å². The quantitative estimate of drug-likeness (QED) is 0.820. The van der Waals surface area contributed by atoms with Crippen LogP contribution in [0.2, 0.25) is 0 Å². The molecular formula is C17H23FN2O2. The molecule has 0 atom stereocenters. The van der Waals surface area contributed by atoms with Crippen molar-refractivity contribution in [3.8, 4) is 0 Å². The molecule has 0 saturated heterocycles. The van der Waals surface area contributed by atoms with Crippen LogP contribution in [0.4, 0.5) is 4.39 Å². The van der Waals surface area contributed by atoms with Gasteiger partial charge in [-0.05, 0) is 30.5 Å². The molecule has 1 saturated carbocycles. The minimum absolute atomic E-state index is 0.0232. The molecule has 0 unspecified atom stereocenters. The molecule has 1 aromatic rings. The first-order valence-corrected chi connectivity index (χ1v) is 7.94. The van der Waals surface area contributed by atoms with Crippen LogP contribution in [0.1, 0.15) is 44.1 Å². The number of hydrogen-bond donors (Lipinski definition) is 2. The minimum Gasteiger partial charge on any atom is -0.352 e. The number of benzene rings is 1. The van der Waals surface area contributed by atoms with E-state index in [-0.39, 0.29) is 36.6 Å². The summed E-state index contributed by atoms with van der Waals surface area (Å²) in [5, 5.41) is 5.56. The molecule has 1 aliphatic rings. The van der Waals surface area contributed by atoms with Crippen LogP contribution in [0.15, 0.2) is 24.3 Å². The Morgan fingerprint density at radius 2 is 1.82 bits per heavy atom. The summed E-state index contributed by atoms with van der Waals surface area (Å²) in [6.07, 6.45) is 6.88. The number of hydrogen-bond acceptors (Lipinski definition) is 2. The normalized spacial score (nSPS) is 15.9. The van der Waals surface area contributed by atoms with Crippen molar-refractivity contribution in [1.82, 2.24) is 10.6 Å². The van der Waals surface area contributed by atoms with Crippen LogP contribution in [0.25, 0.3) is 0 Å². The molecule has 22 heavy (non-hydrogen) atoms. The fourth-order valence-corrected chi connectivity index (χ4v) is 2.78. The molecule has 1 fully saturated rings. The van der Waals surface area contributed by atoms with Gasteiger partial charge in [0.25, 0.3) is 0 Å². The summed E-state index contributed by atoms with van der Waals surface area (Å²) in [6.45, 7) is -0.0232. The third kappa shape index (κ3) is 5.84. The van der Waals surface area contributed by atoms with Crippen LogP contribution in [-0.4, -0.2) is 24.4 Å². The molecule has 5 heteroatoms. The van der Waals surface area contributed by atoms with Crippen molar-refractivity contribution >= 4 is 11.8 Å². The molecule has 2 N–H and O–H groups in total. The number of amides is 2. The first-order chi connectivity index (χ1) is 10.6. The van der Waals surface area contributed by atoms with Crippen molar-refractivity contribution < 1.29 is 14.0 Å². The summed E-state index contributed by atoms with van der Waals surface area (Å²) in [6, 6.07) is 6.15. The molecule has 0 spiro atoms. The maximum absolute atomic E-state index is 13.0. The Bertz CT molecular complexity index is 511. The van der Waals surface area contributed by atoms with Gasteiger partial charge in [0.2, 0.25) is 11.8 Å². The van der Waals surface area contributed by atoms with Crippen molar-refractivity contribution in [2.45, 2.75) is 51.0 Å². The predicted octanol–water partition coefficient (Wildman–Crippen LogP) is 2.32. The highest BCUT2D eigenvalue weighted by Crippen LogP contribution is 2.16. The summed E-state index contributed by atoms with van der Waals surface area (Å²) in [5.41, 5.74) is 0.599. The van der Waals surface area contributed by atoms with Crippen LogP contribution in [-0.2, 0) is 16.0 Å². The Labute approximate surface area is 130 Å². The number of carbonyl (C=O) groups excluding carboxylic acids is 2. The zero-order valence-electron chi connectivity index (χ0n) is 12.7. The van der Waals surface area contributed by atoms with Crippen LogP contribution < -0.4 is 10.6 Å². The van der Waals surface area contributed by atoms with E-state index in [4.69, 9.17) is 0 Å². The monoisotopic (exact) mass is 306 g/mol. The second kappa shape index (κ2) is 8.51. The van der Waals surface area contributed by atoms with E-state index in [0.29, 0.717) is 5.56 Å². The Kier molecular flexibility index (Phi) is 6.37. The molecule has 1 aliphatic carbocycles. The van der Waals surface area contributed by atoms with Gasteiger partial charge < -0.3 is 10.6 Å². The van der Waals surface area contributed by atoms with Gasteiger partial charge in [0, 0.05) is 6.04 Å². The molecule has 0 bridgehead atoms. The third-order valence-corrected chi connectivity index (χ3v) is 3.92. The Balaban J connectivity index is 1.70. The SMILES string of the molecule is O=C(Cc1cccc(F)c1)NCC(=O)NC1CCCCCC1. The molecule has 1 aromatic carbocycles. The first kappa shape index (κ1) is 16.5. The number of rotatable bonds is 5. The van der Waals surface area contributed by atoms with Crippen molar-refractivity contribution in [1.29, 1.82) is 0 Å². The largest absolute Gasteiger partial charge is 0.352 e. The lowest BCUT2D eigenvalue weighted by Gasteiger charge is -2.16. The van der Waals surface area contributed by atoms with Gasteiger partial charge in [-0.1, -0.05) is 37.8 Å². The standard InChI is InChI=1S/C17H23FN2O2/c18-14-7-5-6-13(10-14)11-16(21)19-12-17(22)20-15-8-3-1-2-4-9-15/h5-7,10,15H,1-4,8-9,11-12H2,(H,19,21)(H,20,22). The first-order valence-electron chi connectivity index (χ1n) is 7.94. The van der Waals surface area contributed by atoms with Gasteiger partial charge in [-0.15, -0.1) is 0 Å². The second-order valence-corrected chi connectivity index (χ2v) is 5.84. The van der Waals surface area contributed by atoms with Crippen molar-refractivity contribution in [2.24, 2.45) is 0 Å². The smallest absolute Gasteiger partial charge is 0.239 e. The molecular weight excluding hydrogens is 283 g/mol. The van der Waals surface area contributed by atoms with Crippen LogP contribution >= 0.6 is 0 Å². The highest BCUT2D eigenvalue weighted by atomic mass is 19.1. The summed E-state index contributed by atoms with van der Waals surface area (Å²) in [4.78, 5) is 23.6. The van der Waals surface area contributed by atoms with Gasteiger partial charge in [0.15, 0.2) is 0 Å². The highest BCUT2D eigenvalue weighted by molar-refractivity contribution is 5.85. The fraction of sp³-hybridized carbons (Fsp3) is 0.529. The van der Waals surface area contributed by atoms with E-state index in [1.165, 1.54) is 25.0 Å². The lowest BCUT2D eigenvalue weighted by atomic mass is 10.1. The van der Waals surface area contributed by atoms with Crippen molar-refractivity contribution in [3.63, 3.8) is 0 Å². The average molecular weight is 306 g/mol. The zero-order chi connectivity index (χ0) is 15.8. The van der Waals surface area contributed by atoms with E-state index in [1.54, 1.807) is 12.1 Å². The summed E-state index contributed by atoms with van der Waals surface area (Å²) in [5.74, 6) is -0.794. The second-order valence-electron chi connectivity index (χ2n) is 5.84. The van der Waals surface area contributed by atoms with Gasteiger partial charge in [0.05, 0.1) is 13.0 Å². The summed E-state index contributed by atoms with van der Waals surface area (Å²) >= 11 is 0. The number of halogens is 1. The highest BCUT2D eigenvalue weighted by Gasteiger charge is 2.15. The summed E-state index contributed by atoms with van der Waals surface area (Å²) < 4.78 is 13.0. The zero-order valence-corrected chi connectivity index (χ0v) is 12.7. The third-order valence-electron chi connectivity index (χ3n) is 3.92. The molecule has 0 aliphatic heterocycles. The lowest BCUT2D eigenvalue weighted by molar-refractivity contribution is -0.126. The molecule has 2 amide bonds. The van der Waals surface area contributed by atoms with E-state index in [0.717, 1.165) is 25.7 Å². The van der Waals surface area contributed by atoms with E-state index in [9.17, 15) is 14.0 Å². The van der Waals surface area contributed by atoms with Crippen LogP contribution in [0.3, 0.4) is 0 Å². The Hall–Kier alpha value is -1.91. The predicted molar refractivity (Wildman–Crippen MR) is 82.7 cm³/mol. The van der Waals surface area contributed by atoms with E-state index in [1.807, 2.05) is 0 Å². The van der Waals surface area contributed by atoms with Gasteiger partial charge in [0.1, 0.15) is 5.82 Å². The van der Waals surface area contributed by atoms with E-state index < -0.39 is 0 Å². The van der Waals surface area contributed by atoms with Crippen molar-refractivity contribution in [2.75, 3.05) is 6.54 Å². The van der Waals surface area contributed by atoms with Gasteiger partial charge in [-0.3, -0.25) is 9.59 Å². The molecule has 0 heterocycles. The molecule has 120 valence electrons. The van der Waals surface area contributed by atoms with Crippen LogP contribution in [0.5, 0.6) is 0 Å². The summed E-state index contributed by atoms with van der Waals surface area (Å²) in [7, 11) is 0. The number of carbonyl (C=O) groups is 2. The molecule has 0 radical (unpaired) electrons. The Morgan fingerprint density at radius 1 is 1.09 bits per heavy atom. The van der Waals surface area contributed by atoms with Gasteiger partial charge in [-0.25, -0.2) is 4.39 Å². The molecule has 4 nitrogen and oxygen atoms in total. The minimum atomic E-state index is -0.364. The van der Waals surface area contributed by atoms with E-state index in [2.05, 4.69) is 10.6 Å². The van der Waals surface area contributed by atoms with Gasteiger partial charge in [-0.2, -0.15) is 0 Å². The van der Waals surface area contributed by atoms with E-state index >= 15 is 0 Å². The number of nitrogens with one attached hydrogen (secondary N) is 2. The average Bonchev–Trinajstić information content (AvgIpc) is 2.74. The van der Waals surface area contributed by atoms with Gasteiger partial charge >= 0.3 is 0 Å².